The Bertz CT molecular complexity index is 658. The van der Waals surface area contributed by atoms with Crippen molar-refractivity contribution >= 4 is 22.9 Å². The largest absolute Gasteiger partial charge is 0.327 e. The minimum Gasteiger partial charge on any atom is -0.327 e. The number of nitrogens with zero attached hydrogens (tertiary/aromatic N) is 1. The number of unbranched alkanes of at least 4 members (excludes halogenated alkanes) is 5. The highest BCUT2D eigenvalue weighted by atomic mass is 32.2. The predicted molar refractivity (Wildman–Crippen MR) is 81.4 cm³/mol. The lowest BCUT2D eigenvalue weighted by molar-refractivity contribution is 0.627. The fraction of sp³-hybridized carbons (Fsp3) is 0.615. The summed E-state index contributed by atoms with van der Waals surface area (Å²) >= 11 is 1.58. The molecule has 110 valence electrons. The smallest absolute Gasteiger partial charge is 0.327 e. The first-order valence-corrected chi connectivity index (χ1v) is 8.04. The van der Waals surface area contributed by atoms with E-state index in [9.17, 15) is 9.59 Å². The Kier molecular flexibility index (Phi) is 5.46. The zero-order chi connectivity index (χ0) is 14.4. The normalized spacial score (nSPS) is 11.2. The summed E-state index contributed by atoms with van der Waals surface area (Å²) in [4.78, 5) is 34.5. The molecule has 0 bridgehead atoms. The van der Waals surface area contributed by atoms with E-state index in [-0.39, 0.29) is 0 Å². The van der Waals surface area contributed by atoms with Crippen molar-refractivity contribution in [3.05, 3.63) is 20.8 Å². The van der Waals surface area contributed by atoms with E-state index in [0.29, 0.717) is 16.3 Å². The summed E-state index contributed by atoms with van der Waals surface area (Å²) in [5.74, 6) is 0.966. The van der Waals surface area contributed by atoms with Crippen LogP contribution in [0.2, 0.25) is 0 Å². The molecule has 20 heavy (non-hydrogen) atoms. The first kappa shape index (κ1) is 14.9. The molecule has 2 aromatic heterocycles. The van der Waals surface area contributed by atoms with Gasteiger partial charge in [0.2, 0.25) is 0 Å². The third-order valence-corrected chi connectivity index (χ3v) is 4.06. The van der Waals surface area contributed by atoms with Gasteiger partial charge in [-0.15, -0.1) is 0 Å². The fourth-order valence-electron chi connectivity index (χ4n) is 2.03. The number of imidazole rings is 1. The Labute approximate surface area is 120 Å². The van der Waals surface area contributed by atoms with Gasteiger partial charge in [0, 0.05) is 5.75 Å². The maximum atomic E-state index is 11.5. The lowest BCUT2D eigenvalue weighted by Crippen LogP contribution is -2.21. The molecule has 2 aromatic rings. The lowest BCUT2D eigenvalue weighted by atomic mass is 10.1. The Balaban J connectivity index is 1.83. The van der Waals surface area contributed by atoms with Crippen LogP contribution in [0.5, 0.6) is 0 Å². The summed E-state index contributed by atoms with van der Waals surface area (Å²) in [6.07, 6.45) is 7.53. The molecule has 0 aliphatic carbocycles. The number of hydrogen-bond acceptors (Lipinski definition) is 4. The van der Waals surface area contributed by atoms with Gasteiger partial charge in [0.05, 0.1) is 0 Å². The standard InChI is InChI=1S/C13H20N4O2S/c1-2-3-4-5-6-7-8-20-13-14-9-10(16-13)15-12(19)17-11(9)18/h2-8H2,1H3,(H3,14,15,16,17,18,19). The van der Waals surface area contributed by atoms with Crippen LogP contribution in [0.1, 0.15) is 45.4 Å². The monoisotopic (exact) mass is 296 g/mol. The van der Waals surface area contributed by atoms with Gasteiger partial charge in [0.25, 0.3) is 5.56 Å². The molecule has 0 spiro atoms. The van der Waals surface area contributed by atoms with Crippen molar-refractivity contribution in [1.29, 1.82) is 0 Å². The van der Waals surface area contributed by atoms with E-state index in [1.165, 1.54) is 32.1 Å². The Morgan fingerprint density at radius 1 is 1.00 bits per heavy atom. The third kappa shape index (κ3) is 4.00. The maximum Gasteiger partial charge on any atom is 0.327 e. The van der Waals surface area contributed by atoms with Crippen molar-refractivity contribution in [3.8, 4) is 0 Å². The number of aromatic amines is 3. The summed E-state index contributed by atoms with van der Waals surface area (Å²) in [5.41, 5.74) is -0.302. The molecule has 0 amide bonds. The Morgan fingerprint density at radius 3 is 2.55 bits per heavy atom. The molecule has 0 unspecified atom stereocenters. The molecule has 0 aromatic carbocycles. The van der Waals surface area contributed by atoms with Crippen LogP contribution in [-0.2, 0) is 0 Å². The number of H-pyrrole nitrogens is 3. The van der Waals surface area contributed by atoms with E-state index in [0.717, 1.165) is 12.2 Å². The molecule has 0 saturated heterocycles. The van der Waals surface area contributed by atoms with E-state index in [4.69, 9.17) is 0 Å². The molecular weight excluding hydrogens is 276 g/mol. The predicted octanol–water partition coefficient (Wildman–Crippen LogP) is 2.39. The summed E-state index contributed by atoms with van der Waals surface area (Å²) in [5, 5.41) is 0.681. The molecular formula is C13H20N4O2S. The van der Waals surface area contributed by atoms with Gasteiger partial charge in [-0.2, -0.15) is 0 Å². The molecule has 0 aliphatic heterocycles. The number of thioether (sulfide) groups is 1. The van der Waals surface area contributed by atoms with Gasteiger partial charge in [0.1, 0.15) is 5.52 Å². The summed E-state index contributed by atoms with van der Waals surface area (Å²) in [6.45, 7) is 2.21. The van der Waals surface area contributed by atoms with Crippen LogP contribution in [0.3, 0.4) is 0 Å². The lowest BCUT2D eigenvalue weighted by Gasteiger charge is -1.99. The van der Waals surface area contributed by atoms with Crippen molar-refractivity contribution in [3.63, 3.8) is 0 Å². The van der Waals surface area contributed by atoms with Crippen LogP contribution in [0.25, 0.3) is 11.2 Å². The Hall–Kier alpha value is -1.50. The molecule has 0 aliphatic rings. The second kappa shape index (κ2) is 7.33. The minimum absolute atomic E-state index is 0.323. The van der Waals surface area contributed by atoms with E-state index in [1.807, 2.05) is 0 Å². The molecule has 0 fully saturated rings. The molecule has 3 N–H and O–H groups in total. The number of fused-ring (bicyclic) bond motifs is 1. The van der Waals surface area contributed by atoms with Gasteiger partial charge in [0.15, 0.2) is 10.8 Å². The van der Waals surface area contributed by atoms with E-state index in [2.05, 4.69) is 26.9 Å². The van der Waals surface area contributed by atoms with Crippen molar-refractivity contribution in [2.45, 2.75) is 50.6 Å². The van der Waals surface area contributed by atoms with Crippen LogP contribution in [0, 0.1) is 0 Å². The van der Waals surface area contributed by atoms with Crippen LogP contribution in [0.15, 0.2) is 14.7 Å². The highest BCUT2D eigenvalue weighted by molar-refractivity contribution is 7.99. The second-order valence-corrected chi connectivity index (χ2v) is 5.87. The highest BCUT2D eigenvalue weighted by Crippen LogP contribution is 2.18. The highest BCUT2D eigenvalue weighted by Gasteiger charge is 2.07. The minimum atomic E-state index is -0.526. The molecule has 2 rings (SSSR count). The summed E-state index contributed by atoms with van der Waals surface area (Å²) < 4.78 is 0. The zero-order valence-electron chi connectivity index (χ0n) is 11.6. The average molecular weight is 296 g/mol. The number of aromatic nitrogens is 4. The number of hydrogen-bond donors (Lipinski definition) is 3. The van der Waals surface area contributed by atoms with Crippen molar-refractivity contribution in [2.75, 3.05) is 5.75 Å². The molecule has 2 heterocycles. The fourth-order valence-corrected chi connectivity index (χ4v) is 2.90. The first-order chi connectivity index (χ1) is 9.70. The van der Waals surface area contributed by atoms with Gasteiger partial charge in [-0.05, 0) is 6.42 Å². The first-order valence-electron chi connectivity index (χ1n) is 7.06. The second-order valence-electron chi connectivity index (χ2n) is 4.79. The van der Waals surface area contributed by atoms with Crippen LogP contribution < -0.4 is 11.2 Å². The summed E-state index contributed by atoms with van der Waals surface area (Å²) in [6, 6.07) is 0. The van der Waals surface area contributed by atoms with Crippen molar-refractivity contribution < 1.29 is 0 Å². The van der Waals surface area contributed by atoms with E-state index in [1.54, 1.807) is 11.8 Å². The Morgan fingerprint density at radius 2 is 1.75 bits per heavy atom. The van der Waals surface area contributed by atoms with Crippen molar-refractivity contribution in [2.24, 2.45) is 0 Å². The topological polar surface area (TPSA) is 94.4 Å². The van der Waals surface area contributed by atoms with Gasteiger partial charge < -0.3 is 4.98 Å². The van der Waals surface area contributed by atoms with Crippen LogP contribution in [0.4, 0.5) is 0 Å². The molecule has 0 saturated carbocycles. The van der Waals surface area contributed by atoms with Crippen molar-refractivity contribution in [1.82, 2.24) is 19.9 Å². The van der Waals surface area contributed by atoms with Gasteiger partial charge in [-0.25, -0.2) is 9.78 Å². The maximum absolute atomic E-state index is 11.5. The number of nitrogens with one attached hydrogen (secondary N) is 3. The number of rotatable bonds is 8. The third-order valence-electron chi connectivity index (χ3n) is 3.10. The van der Waals surface area contributed by atoms with E-state index >= 15 is 0 Å². The average Bonchev–Trinajstić information content (AvgIpc) is 2.81. The zero-order valence-corrected chi connectivity index (χ0v) is 12.4. The van der Waals surface area contributed by atoms with Gasteiger partial charge >= 0.3 is 5.69 Å². The molecule has 0 atom stereocenters. The van der Waals surface area contributed by atoms with Gasteiger partial charge in [-0.1, -0.05) is 50.8 Å². The SMILES string of the molecule is CCCCCCCCSc1nc2[nH]c(=O)[nH]c(=O)c2[nH]1. The van der Waals surface area contributed by atoms with E-state index < -0.39 is 11.2 Å². The summed E-state index contributed by atoms with van der Waals surface area (Å²) in [7, 11) is 0. The molecule has 7 heteroatoms. The van der Waals surface area contributed by atoms with Crippen LogP contribution >= 0.6 is 11.8 Å². The quantitative estimate of drug-likeness (QED) is 0.515. The van der Waals surface area contributed by atoms with Crippen LogP contribution in [-0.4, -0.2) is 25.7 Å². The molecule has 6 nitrogen and oxygen atoms in total. The molecule has 0 radical (unpaired) electrons. The van der Waals surface area contributed by atoms with Gasteiger partial charge in [-0.3, -0.25) is 14.8 Å².